The summed E-state index contributed by atoms with van der Waals surface area (Å²) in [6, 6.07) is 8.14. The number of sulfone groups is 1. The van der Waals surface area contributed by atoms with Gasteiger partial charge in [-0.1, -0.05) is 23.7 Å². The van der Waals surface area contributed by atoms with Gasteiger partial charge in [0.25, 0.3) is 0 Å². The highest BCUT2D eigenvalue weighted by Gasteiger charge is 2.38. The second kappa shape index (κ2) is 12.3. The van der Waals surface area contributed by atoms with E-state index in [1.165, 1.54) is 24.1 Å². The van der Waals surface area contributed by atoms with Crippen molar-refractivity contribution in [3.8, 4) is 0 Å². The zero-order chi connectivity index (χ0) is 30.0. The Labute approximate surface area is 248 Å². The summed E-state index contributed by atoms with van der Waals surface area (Å²) in [6.45, 7) is 2.91. The van der Waals surface area contributed by atoms with Crippen LogP contribution in [0.1, 0.15) is 24.4 Å². The molecule has 3 heterocycles. The average molecular weight is 618 g/mol. The van der Waals surface area contributed by atoms with Gasteiger partial charge in [-0.15, -0.1) is 0 Å². The molecule has 1 N–H and O–H groups in total. The number of aromatic nitrogens is 2. The first-order chi connectivity index (χ1) is 20.1. The highest BCUT2D eigenvalue weighted by Crippen LogP contribution is 2.27. The molecule has 1 atom stereocenters. The number of alkyl carbamates (subject to hydrolysis) is 1. The molecule has 12 nitrogen and oxygen atoms in total. The minimum Gasteiger partial charge on any atom is -0.447 e. The molecule has 0 aliphatic carbocycles. The van der Waals surface area contributed by atoms with Gasteiger partial charge in [-0.05, 0) is 54.8 Å². The molecule has 0 unspecified atom stereocenters. The van der Waals surface area contributed by atoms with E-state index in [2.05, 4.69) is 10.3 Å². The molecule has 0 saturated carbocycles. The smallest absolute Gasteiger partial charge is 0.407 e. The van der Waals surface area contributed by atoms with Gasteiger partial charge in [-0.25, -0.2) is 23.0 Å². The standard InChI is InChI=1S/C28H32ClN5O7S/c1-18-30-15-23-16-33(28(37)34(18)23)22-7-9-32(10-8-22)26(35)25(31-27(36)41-12-11-40-2)17-42(38,39)24-6-4-19-13-21(29)5-3-20(19)14-24/h3-6,13-15,22,25H,7-12,16-17H2,1-2H3,(H,31,36)/t25-/m1/s1. The van der Waals surface area contributed by atoms with Crippen LogP contribution in [0.3, 0.4) is 0 Å². The fraction of sp³-hybridized carbons (Fsp3) is 0.429. The van der Waals surface area contributed by atoms with E-state index >= 15 is 0 Å². The molecule has 5 rings (SSSR count). The lowest BCUT2D eigenvalue weighted by atomic mass is 10.0. The van der Waals surface area contributed by atoms with Gasteiger partial charge in [0, 0.05) is 31.3 Å². The number of likely N-dealkylation sites (tertiary alicyclic amines) is 1. The molecule has 224 valence electrons. The van der Waals surface area contributed by atoms with E-state index in [9.17, 15) is 22.8 Å². The first kappa shape index (κ1) is 29.8. The number of methoxy groups -OCH3 is 1. The van der Waals surface area contributed by atoms with E-state index in [4.69, 9.17) is 21.1 Å². The fourth-order valence-corrected chi connectivity index (χ4v) is 7.04. The van der Waals surface area contributed by atoms with Crippen LogP contribution in [0.15, 0.2) is 47.5 Å². The van der Waals surface area contributed by atoms with E-state index in [0.29, 0.717) is 48.7 Å². The molecule has 1 saturated heterocycles. The third kappa shape index (κ3) is 6.22. The predicted octanol–water partition coefficient (Wildman–Crippen LogP) is 2.99. The summed E-state index contributed by atoms with van der Waals surface area (Å²) in [6.07, 6.45) is 1.80. The average Bonchev–Trinajstić information content (AvgIpc) is 3.50. The lowest BCUT2D eigenvalue weighted by Gasteiger charge is -2.37. The Kier molecular flexibility index (Phi) is 8.71. The summed E-state index contributed by atoms with van der Waals surface area (Å²) in [5, 5.41) is 4.42. The topological polar surface area (TPSA) is 140 Å². The molecule has 42 heavy (non-hydrogen) atoms. The van der Waals surface area contributed by atoms with Crippen LogP contribution in [-0.4, -0.2) is 97.0 Å². The fourth-order valence-electron chi connectivity index (χ4n) is 5.42. The molecule has 0 bridgehead atoms. The van der Waals surface area contributed by atoms with Crippen molar-refractivity contribution in [3.63, 3.8) is 0 Å². The summed E-state index contributed by atoms with van der Waals surface area (Å²) in [7, 11) is -2.56. The molecule has 3 amide bonds. The molecular formula is C28H32ClN5O7S. The van der Waals surface area contributed by atoms with Crippen LogP contribution in [0.4, 0.5) is 9.59 Å². The number of benzene rings is 2. The van der Waals surface area contributed by atoms with Crippen molar-refractivity contribution < 1.29 is 32.3 Å². The molecule has 2 aliphatic heterocycles. The van der Waals surface area contributed by atoms with Crippen molar-refractivity contribution in [3.05, 3.63) is 59.1 Å². The molecule has 0 radical (unpaired) electrons. The number of carbonyl (C=O) groups excluding carboxylic acids is 3. The zero-order valence-corrected chi connectivity index (χ0v) is 24.9. The molecule has 2 aromatic carbocycles. The Morgan fingerprint density at radius 1 is 1.12 bits per heavy atom. The summed E-state index contributed by atoms with van der Waals surface area (Å²) in [4.78, 5) is 46.6. The van der Waals surface area contributed by atoms with Crippen molar-refractivity contribution in [1.82, 2.24) is 24.7 Å². The Balaban J connectivity index is 1.29. The van der Waals surface area contributed by atoms with E-state index in [-0.39, 0.29) is 30.2 Å². The summed E-state index contributed by atoms with van der Waals surface area (Å²) >= 11 is 6.05. The van der Waals surface area contributed by atoms with Crippen LogP contribution < -0.4 is 5.32 Å². The van der Waals surface area contributed by atoms with E-state index < -0.39 is 33.6 Å². The molecule has 2 aliphatic rings. The number of amides is 3. The van der Waals surface area contributed by atoms with Gasteiger partial charge in [0.15, 0.2) is 9.84 Å². The number of halogens is 1. The van der Waals surface area contributed by atoms with E-state index in [0.717, 1.165) is 11.1 Å². The second-order valence-electron chi connectivity index (χ2n) is 10.4. The number of ether oxygens (including phenoxy) is 2. The second-order valence-corrected chi connectivity index (χ2v) is 12.8. The first-order valence-corrected chi connectivity index (χ1v) is 15.6. The Bertz CT molecular complexity index is 1620. The number of rotatable bonds is 9. The summed E-state index contributed by atoms with van der Waals surface area (Å²) in [5.74, 6) is -0.559. The van der Waals surface area contributed by atoms with Gasteiger partial charge in [-0.3, -0.25) is 9.36 Å². The minimum absolute atomic E-state index is 0.0182. The van der Waals surface area contributed by atoms with E-state index in [1.807, 2.05) is 0 Å². The quantitative estimate of drug-likeness (QED) is 0.362. The monoisotopic (exact) mass is 617 g/mol. The SMILES string of the molecule is COCCOC(=O)N[C@H](CS(=O)(=O)c1ccc2cc(Cl)ccc2c1)C(=O)N1CCC(N2Cc3cnc(C)n3C2=O)CC1. The van der Waals surface area contributed by atoms with Crippen LogP contribution in [0, 0.1) is 6.92 Å². The maximum atomic E-state index is 13.7. The normalized spacial score (nSPS) is 16.5. The number of carbonyl (C=O) groups is 3. The molecule has 14 heteroatoms. The van der Waals surface area contributed by atoms with Crippen molar-refractivity contribution in [2.24, 2.45) is 0 Å². The molecule has 3 aromatic rings. The van der Waals surface area contributed by atoms with Gasteiger partial charge in [0.05, 0.1) is 35.7 Å². The number of nitrogens with one attached hydrogen (secondary N) is 1. The molecule has 1 aromatic heterocycles. The van der Waals surface area contributed by atoms with Crippen molar-refractivity contribution >= 4 is 50.2 Å². The van der Waals surface area contributed by atoms with Crippen molar-refractivity contribution in [1.29, 1.82) is 0 Å². The van der Waals surface area contributed by atoms with Gasteiger partial charge in [-0.2, -0.15) is 0 Å². The van der Waals surface area contributed by atoms with E-state index in [1.54, 1.807) is 46.9 Å². The minimum atomic E-state index is -4.01. The van der Waals surface area contributed by atoms with Gasteiger partial charge in [0.1, 0.15) is 18.5 Å². The van der Waals surface area contributed by atoms with Gasteiger partial charge >= 0.3 is 12.1 Å². The van der Waals surface area contributed by atoms with Gasteiger partial charge in [0.2, 0.25) is 5.91 Å². The maximum absolute atomic E-state index is 13.7. The number of piperidine rings is 1. The summed E-state index contributed by atoms with van der Waals surface area (Å²) < 4.78 is 38.5. The first-order valence-electron chi connectivity index (χ1n) is 13.5. The predicted molar refractivity (Wildman–Crippen MR) is 154 cm³/mol. The van der Waals surface area contributed by atoms with Crippen molar-refractivity contribution in [2.75, 3.05) is 39.2 Å². The Hall–Kier alpha value is -3.68. The number of hydrogen-bond donors (Lipinski definition) is 1. The molecular weight excluding hydrogens is 586 g/mol. The third-order valence-electron chi connectivity index (χ3n) is 7.63. The molecule has 0 spiro atoms. The zero-order valence-electron chi connectivity index (χ0n) is 23.3. The largest absolute Gasteiger partial charge is 0.447 e. The van der Waals surface area contributed by atoms with Crippen LogP contribution in [0.25, 0.3) is 10.8 Å². The van der Waals surface area contributed by atoms with Crippen LogP contribution in [0.5, 0.6) is 0 Å². The van der Waals surface area contributed by atoms with Crippen LogP contribution >= 0.6 is 11.6 Å². The number of hydrogen-bond acceptors (Lipinski definition) is 8. The Morgan fingerprint density at radius 3 is 2.55 bits per heavy atom. The highest BCUT2D eigenvalue weighted by molar-refractivity contribution is 7.91. The number of aryl methyl sites for hydroxylation is 1. The number of imidazole rings is 1. The highest BCUT2D eigenvalue weighted by atomic mass is 35.5. The van der Waals surface area contributed by atoms with Crippen molar-refractivity contribution in [2.45, 2.75) is 43.3 Å². The lowest BCUT2D eigenvalue weighted by molar-refractivity contribution is -0.134. The molecule has 1 fully saturated rings. The van der Waals surface area contributed by atoms with Crippen LogP contribution in [0.2, 0.25) is 5.02 Å². The third-order valence-corrected chi connectivity index (χ3v) is 9.61. The number of nitrogens with zero attached hydrogens (tertiary/aromatic N) is 4. The van der Waals surface area contributed by atoms with Gasteiger partial charge < -0.3 is 24.6 Å². The van der Waals surface area contributed by atoms with Crippen LogP contribution in [-0.2, 0) is 30.7 Å². The Morgan fingerprint density at radius 2 is 1.83 bits per heavy atom. The number of fused-ring (bicyclic) bond motifs is 2. The summed E-state index contributed by atoms with van der Waals surface area (Å²) in [5.41, 5.74) is 0.828. The maximum Gasteiger partial charge on any atom is 0.407 e. The lowest BCUT2D eigenvalue weighted by Crippen LogP contribution is -2.55.